The van der Waals surface area contributed by atoms with Crippen LogP contribution in [0, 0.1) is 0 Å². The lowest BCUT2D eigenvalue weighted by Crippen LogP contribution is -2.32. The number of carbonyl (C=O) groups is 1. The normalized spacial score (nSPS) is 10.9. The first-order valence-electron chi connectivity index (χ1n) is 9.09. The average Bonchev–Trinajstić information content (AvgIpc) is 3.17. The van der Waals surface area contributed by atoms with Crippen LogP contribution in [0.4, 0.5) is 10.5 Å². The van der Waals surface area contributed by atoms with Gasteiger partial charge < -0.3 is 29.4 Å². The SMILES string of the molecule is COCCN(C)CCCNC(=O)Nc1cccc(COCc2ccco2)c1. The third kappa shape index (κ3) is 8.72. The van der Waals surface area contributed by atoms with Crippen LogP contribution in [0.15, 0.2) is 47.1 Å². The minimum atomic E-state index is -0.205. The molecule has 2 rings (SSSR count). The molecule has 2 N–H and O–H groups in total. The van der Waals surface area contributed by atoms with Crippen LogP contribution in [-0.2, 0) is 22.7 Å². The molecule has 0 radical (unpaired) electrons. The van der Waals surface area contributed by atoms with E-state index in [2.05, 4.69) is 15.5 Å². The highest BCUT2D eigenvalue weighted by Gasteiger charge is 2.04. The second kappa shape index (κ2) is 12.1. The molecule has 148 valence electrons. The zero-order valence-corrected chi connectivity index (χ0v) is 16.1. The van der Waals surface area contributed by atoms with E-state index in [0.29, 0.717) is 26.4 Å². The molecule has 7 nitrogen and oxygen atoms in total. The lowest BCUT2D eigenvalue weighted by Gasteiger charge is -2.16. The van der Waals surface area contributed by atoms with E-state index < -0.39 is 0 Å². The summed E-state index contributed by atoms with van der Waals surface area (Å²) in [5, 5.41) is 5.72. The van der Waals surface area contributed by atoms with E-state index >= 15 is 0 Å². The molecule has 0 unspecified atom stereocenters. The van der Waals surface area contributed by atoms with Crippen molar-refractivity contribution < 1.29 is 18.7 Å². The lowest BCUT2D eigenvalue weighted by atomic mass is 10.2. The van der Waals surface area contributed by atoms with Gasteiger partial charge in [-0.15, -0.1) is 0 Å². The lowest BCUT2D eigenvalue weighted by molar-refractivity contribution is 0.0930. The monoisotopic (exact) mass is 375 g/mol. The maximum atomic E-state index is 12.0. The van der Waals surface area contributed by atoms with Crippen molar-refractivity contribution in [3.8, 4) is 0 Å². The second-order valence-corrected chi connectivity index (χ2v) is 6.30. The molecule has 0 spiro atoms. The number of nitrogens with zero attached hydrogens (tertiary/aromatic N) is 1. The minimum absolute atomic E-state index is 0.205. The Labute approximate surface area is 160 Å². The minimum Gasteiger partial charge on any atom is -0.467 e. The number of hydrogen-bond donors (Lipinski definition) is 2. The first-order valence-corrected chi connectivity index (χ1v) is 9.09. The van der Waals surface area contributed by atoms with Gasteiger partial charge in [-0.3, -0.25) is 0 Å². The molecule has 0 saturated heterocycles. The summed E-state index contributed by atoms with van der Waals surface area (Å²) in [5.41, 5.74) is 1.72. The fourth-order valence-electron chi connectivity index (χ4n) is 2.49. The van der Waals surface area contributed by atoms with Crippen molar-refractivity contribution >= 4 is 11.7 Å². The van der Waals surface area contributed by atoms with Gasteiger partial charge in [0.2, 0.25) is 0 Å². The fourth-order valence-corrected chi connectivity index (χ4v) is 2.49. The van der Waals surface area contributed by atoms with E-state index in [4.69, 9.17) is 13.9 Å². The molecule has 0 aliphatic carbocycles. The maximum Gasteiger partial charge on any atom is 0.319 e. The highest BCUT2D eigenvalue weighted by Crippen LogP contribution is 2.12. The van der Waals surface area contributed by atoms with Crippen LogP contribution in [0.3, 0.4) is 0 Å². The van der Waals surface area contributed by atoms with E-state index in [0.717, 1.165) is 36.5 Å². The highest BCUT2D eigenvalue weighted by atomic mass is 16.5. The van der Waals surface area contributed by atoms with Crippen molar-refractivity contribution in [2.24, 2.45) is 0 Å². The van der Waals surface area contributed by atoms with Gasteiger partial charge >= 0.3 is 6.03 Å². The molecular formula is C20H29N3O4. The quantitative estimate of drug-likeness (QED) is 0.558. The van der Waals surface area contributed by atoms with Crippen molar-refractivity contribution in [2.45, 2.75) is 19.6 Å². The van der Waals surface area contributed by atoms with Crippen LogP contribution >= 0.6 is 0 Å². The smallest absolute Gasteiger partial charge is 0.319 e. The molecule has 0 aliphatic rings. The first-order chi connectivity index (χ1) is 13.2. The van der Waals surface area contributed by atoms with Crippen LogP contribution < -0.4 is 10.6 Å². The maximum absolute atomic E-state index is 12.0. The van der Waals surface area contributed by atoms with Crippen molar-refractivity contribution in [1.29, 1.82) is 0 Å². The van der Waals surface area contributed by atoms with Gasteiger partial charge in [0.15, 0.2) is 0 Å². The molecule has 0 fully saturated rings. The van der Waals surface area contributed by atoms with Crippen LogP contribution in [0.25, 0.3) is 0 Å². The van der Waals surface area contributed by atoms with Crippen molar-refractivity contribution in [3.05, 3.63) is 54.0 Å². The summed E-state index contributed by atoms with van der Waals surface area (Å²) in [5.74, 6) is 0.788. The molecule has 1 aromatic carbocycles. The predicted octanol–water partition coefficient (Wildman–Crippen LogP) is 3.09. The average molecular weight is 375 g/mol. The van der Waals surface area contributed by atoms with Gasteiger partial charge in [-0.25, -0.2) is 4.79 Å². The van der Waals surface area contributed by atoms with Gasteiger partial charge in [0.25, 0.3) is 0 Å². The van der Waals surface area contributed by atoms with Crippen LogP contribution in [0.5, 0.6) is 0 Å². The standard InChI is InChI=1S/C20H29N3O4/c1-23(11-13-25-2)10-5-9-21-20(24)22-18-7-3-6-17(14-18)15-26-16-19-8-4-12-27-19/h3-4,6-8,12,14H,5,9-11,13,15-16H2,1-2H3,(H2,21,22,24). The van der Waals surface area contributed by atoms with Crippen molar-refractivity contribution in [2.75, 3.05) is 45.7 Å². The number of carbonyl (C=O) groups excluding carboxylic acids is 1. The van der Waals surface area contributed by atoms with Crippen molar-refractivity contribution in [1.82, 2.24) is 10.2 Å². The van der Waals surface area contributed by atoms with E-state index in [-0.39, 0.29) is 6.03 Å². The summed E-state index contributed by atoms with van der Waals surface area (Å²) in [4.78, 5) is 14.2. The van der Waals surface area contributed by atoms with E-state index in [1.165, 1.54) is 0 Å². The first kappa shape index (κ1) is 21.0. The van der Waals surface area contributed by atoms with Gasteiger partial charge in [0, 0.05) is 25.9 Å². The number of anilines is 1. The Bertz CT molecular complexity index is 661. The van der Waals surface area contributed by atoms with Gasteiger partial charge in [-0.2, -0.15) is 0 Å². The Morgan fingerprint density at radius 3 is 2.85 bits per heavy atom. The molecule has 7 heteroatoms. The molecule has 2 amide bonds. The molecule has 2 aromatic rings. The fraction of sp³-hybridized carbons (Fsp3) is 0.450. The van der Waals surface area contributed by atoms with Crippen LogP contribution in [0.2, 0.25) is 0 Å². The molecule has 0 atom stereocenters. The van der Waals surface area contributed by atoms with E-state index in [9.17, 15) is 4.79 Å². The Kier molecular flexibility index (Phi) is 9.40. The predicted molar refractivity (Wildman–Crippen MR) is 105 cm³/mol. The number of methoxy groups -OCH3 is 1. The van der Waals surface area contributed by atoms with Crippen LogP contribution in [0.1, 0.15) is 17.7 Å². The number of benzene rings is 1. The van der Waals surface area contributed by atoms with E-state index in [1.54, 1.807) is 13.4 Å². The number of nitrogens with one attached hydrogen (secondary N) is 2. The third-order valence-electron chi connectivity index (χ3n) is 3.96. The third-order valence-corrected chi connectivity index (χ3v) is 3.96. The largest absolute Gasteiger partial charge is 0.467 e. The van der Waals surface area contributed by atoms with E-state index in [1.807, 2.05) is 43.4 Å². The Morgan fingerprint density at radius 2 is 2.07 bits per heavy atom. The molecular weight excluding hydrogens is 346 g/mol. The van der Waals surface area contributed by atoms with Gasteiger partial charge in [-0.1, -0.05) is 12.1 Å². The molecule has 0 bridgehead atoms. The molecule has 27 heavy (non-hydrogen) atoms. The van der Waals surface area contributed by atoms with Crippen LogP contribution in [-0.4, -0.2) is 51.3 Å². The summed E-state index contributed by atoms with van der Waals surface area (Å²) in [6.45, 7) is 4.00. The summed E-state index contributed by atoms with van der Waals surface area (Å²) in [6.07, 6.45) is 2.51. The number of urea groups is 1. The molecule has 0 saturated carbocycles. The summed E-state index contributed by atoms with van der Waals surface area (Å²) < 4.78 is 15.9. The number of rotatable bonds is 12. The topological polar surface area (TPSA) is 76.0 Å². The second-order valence-electron chi connectivity index (χ2n) is 6.30. The summed E-state index contributed by atoms with van der Waals surface area (Å²) >= 11 is 0. The molecule has 1 heterocycles. The molecule has 0 aliphatic heterocycles. The number of amides is 2. The highest BCUT2D eigenvalue weighted by molar-refractivity contribution is 5.89. The summed E-state index contributed by atoms with van der Waals surface area (Å²) in [6, 6.07) is 11.1. The Morgan fingerprint density at radius 1 is 1.19 bits per heavy atom. The van der Waals surface area contributed by atoms with Gasteiger partial charge in [0.1, 0.15) is 12.4 Å². The zero-order chi connectivity index (χ0) is 19.3. The summed E-state index contributed by atoms with van der Waals surface area (Å²) in [7, 11) is 3.73. The Balaban J connectivity index is 1.64. The number of ether oxygens (including phenoxy) is 2. The van der Waals surface area contributed by atoms with Gasteiger partial charge in [0.05, 0.1) is 19.5 Å². The number of furan rings is 1. The van der Waals surface area contributed by atoms with Crippen molar-refractivity contribution in [3.63, 3.8) is 0 Å². The zero-order valence-electron chi connectivity index (χ0n) is 16.1. The number of hydrogen-bond acceptors (Lipinski definition) is 5. The Hall–Kier alpha value is -2.35. The number of likely N-dealkylation sites (N-methyl/N-ethyl adjacent to an activating group) is 1. The van der Waals surface area contributed by atoms with Gasteiger partial charge in [-0.05, 0) is 49.8 Å². The molecule has 1 aromatic heterocycles.